The van der Waals surface area contributed by atoms with Crippen molar-refractivity contribution in [1.29, 1.82) is 0 Å². The Kier molecular flexibility index (Phi) is 7.28. The third-order valence-corrected chi connectivity index (χ3v) is 5.45. The van der Waals surface area contributed by atoms with E-state index >= 15 is 0 Å². The van der Waals surface area contributed by atoms with E-state index < -0.39 is 6.04 Å². The molecule has 158 valence electrons. The fourth-order valence-electron chi connectivity index (χ4n) is 3.91. The molecule has 29 heavy (non-hydrogen) atoms. The van der Waals surface area contributed by atoms with Gasteiger partial charge in [-0.25, -0.2) is 9.59 Å². The number of rotatable bonds is 7. The largest absolute Gasteiger partial charge is 0.463 e. The number of nitrogens with zero attached hydrogens (tertiary/aromatic N) is 2. The van der Waals surface area contributed by atoms with Gasteiger partial charge in [0.25, 0.3) is 0 Å². The van der Waals surface area contributed by atoms with Crippen LogP contribution in [0.3, 0.4) is 0 Å². The molecule has 2 aliphatic heterocycles. The fourth-order valence-corrected chi connectivity index (χ4v) is 3.91. The predicted octanol–water partition coefficient (Wildman–Crippen LogP) is 2.19. The number of carbonyl (C=O) groups excluding carboxylic acids is 2. The minimum Gasteiger partial charge on any atom is -0.463 e. The Bertz CT molecular complexity index is 752. The number of amides is 2. The van der Waals surface area contributed by atoms with E-state index in [1.807, 2.05) is 31.2 Å². The smallest absolute Gasteiger partial charge is 0.338 e. The second-order valence-electron chi connectivity index (χ2n) is 7.67. The number of piperazine rings is 1. The first-order chi connectivity index (χ1) is 14.0. The van der Waals surface area contributed by atoms with Crippen LogP contribution in [0.25, 0.3) is 0 Å². The first kappa shape index (κ1) is 21.3. The Morgan fingerprint density at radius 2 is 1.76 bits per heavy atom. The molecule has 0 spiro atoms. The van der Waals surface area contributed by atoms with E-state index in [1.54, 1.807) is 6.92 Å². The van der Waals surface area contributed by atoms with Gasteiger partial charge < -0.3 is 20.3 Å². The van der Waals surface area contributed by atoms with Crippen molar-refractivity contribution in [2.24, 2.45) is 0 Å². The van der Waals surface area contributed by atoms with Gasteiger partial charge in [0.1, 0.15) is 0 Å². The lowest BCUT2D eigenvalue weighted by molar-refractivity contribution is -0.139. The number of hydrogen-bond acceptors (Lipinski definition) is 5. The molecule has 0 saturated carbocycles. The van der Waals surface area contributed by atoms with Crippen LogP contribution in [0.1, 0.15) is 37.4 Å². The molecular weight excluding hydrogens is 368 g/mol. The number of aryl methyl sites for hydroxylation is 1. The predicted molar refractivity (Wildman–Crippen MR) is 112 cm³/mol. The van der Waals surface area contributed by atoms with E-state index in [4.69, 9.17) is 4.74 Å². The summed E-state index contributed by atoms with van der Waals surface area (Å²) in [5, 5.41) is 5.77. The van der Waals surface area contributed by atoms with Crippen molar-refractivity contribution in [2.45, 2.75) is 33.2 Å². The topological polar surface area (TPSA) is 73.9 Å². The molecule has 1 atom stereocenters. The van der Waals surface area contributed by atoms with Gasteiger partial charge in [-0.2, -0.15) is 0 Å². The van der Waals surface area contributed by atoms with Crippen LogP contribution in [-0.4, -0.2) is 67.7 Å². The van der Waals surface area contributed by atoms with Gasteiger partial charge in [0, 0.05) is 38.4 Å². The first-order valence-corrected chi connectivity index (χ1v) is 10.5. The number of urea groups is 1. The molecule has 1 saturated heterocycles. The SMILES string of the molecule is CCCN1CCN(CC2=C(C(=O)OCC)[C@@H](c3ccc(C)cc3)NC(=O)N2)CC1. The van der Waals surface area contributed by atoms with E-state index in [1.165, 1.54) is 0 Å². The van der Waals surface area contributed by atoms with Crippen LogP contribution in [0, 0.1) is 6.92 Å². The Morgan fingerprint density at radius 1 is 1.10 bits per heavy atom. The normalized spacial score (nSPS) is 20.9. The highest BCUT2D eigenvalue weighted by atomic mass is 16.5. The molecule has 2 heterocycles. The molecule has 2 N–H and O–H groups in total. The van der Waals surface area contributed by atoms with Crippen LogP contribution in [0.4, 0.5) is 4.79 Å². The maximum absolute atomic E-state index is 12.8. The third-order valence-electron chi connectivity index (χ3n) is 5.45. The molecule has 0 bridgehead atoms. The van der Waals surface area contributed by atoms with Crippen molar-refractivity contribution in [2.75, 3.05) is 45.9 Å². The molecule has 3 rings (SSSR count). The molecule has 0 aromatic heterocycles. The lowest BCUT2D eigenvalue weighted by Gasteiger charge is -2.37. The van der Waals surface area contributed by atoms with Crippen molar-refractivity contribution < 1.29 is 14.3 Å². The van der Waals surface area contributed by atoms with Crippen molar-refractivity contribution in [3.63, 3.8) is 0 Å². The van der Waals surface area contributed by atoms with Crippen molar-refractivity contribution in [1.82, 2.24) is 20.4 Å². The molecule has 0 aliphatic carbocycles. The van der Waals surface area contributed by atoms with Crippen LogP contribution in [0.15, 0.2) is 35.5 Å². The van der Waals surface area contributed by atoms with Gasteiger partial charge in [0.2, 0.25) is 0 Å². The Hall–Kier alpha value is -2.38. The second kappa shape index (κ2) is 9.89. The maximum atomic E-state index is 12.8. The van der Waals surface area contributed by atoms with Crippen LogP contribution in [0.5, 0.6) is 0 Å². The van der Waals surface area contributed by atoms with Gasteiger partial charge in [-0.3, -0.25) is 4.90 Å². The van der Waals surface area contributed by atoms with Gasteiger partial charge in [-0.05, 0) is 32.4 Å². The number of hydrogen-bond donors (Lipinski definition) is 2. The first-order valence-electron chi connectivity index (χ1n) is 10.5. The average molecular weight is 401 g/mol. The zero-order valence-electron chi connectivity index (χ0n) is 17.7. The van der Waals surface area contributed by atoms with Gasteiger partial charge in [0.15, 0.2) is 0 Å². The molecule has 1 aromatic rings. The lowest BCUT2D eigenvalue weighted by Crippen LogP contribution is -2.51. The summed E-state index contributed by atoms with van der Waals surface area (Å²) in [4.78, 5) is 30.0. The summed E-state index contributed by atoms with van der Waals surface area (Å²) in [6.45, 7) is 11.8. The number of nitrogens with one attached hydrogen (secondary N) is 2. The van der Waals surface area contributed by atoms with Crippen LogP contribution in [-0.2, 0) is 9.53 Å². The molecule has 0 radical (unpaired) electrons. The zero-order chi connectivity index (χ0) is 20.8. The highest BCUT2D eigenvalue weighted by Crippen LogP contribution is 2.28. The Balaban J connectivity index is 1.86. The minimum atomic E-state index is -0.514. The van der Waals surface area contributed by atoms with E-state index in [9.17, 15) is 9.59 Å². The maximum Gasteiger partial charge on any atom is 0.338 e. The zero-order valence-corrected chi connectivity index (χ0v) is 17.7. The summed E-state index contributed by atoms with van der Waals surface area (Å²) in [6.07, 6.45) is 1.15. The summed E-state index contributed by atoms with van der Waals surface area (Å²) < 4.78 is 5.35. The Labute approximate surface area is 173 Å². The van der Waals surface area contributed by atoms with E-state index in [0.29, 0.717) is 24.4 Å². The molecule has 1 fully saturated rings. The summed E-state index contributed by atoms with van der Waals surface area (Å²) in [6, 6.07) is 7.07. The van der Waals surface area contributed by atoms with Crippen molar-refractivity contribution >= 4 is 12.0 Å². The molecule has 7 heteroatoms. The van der Waals surface area contributed by atoms with E-state index in [0.717, 1.165) is 50.3 Å². The monoisotopic (exact) mass is 400 g/mol. The molecule has 2 aliphatic rings. The molecule has 7 nitrogen and oxygen atoms in total. The third kappa shape index (κ3) is 5.36. The Morgan fingerprint density at radius 3 is 2.38 bits per heavy atom. The number of carbonyl (C=O) groups is 2. The van der Waals surface area contributed by atoms with Crippen molar-refractivity contribution in [3.8, 4) is 0 Å². The number of benzene rings is 1. The highest BCUT2D eigenvalue weighted by Gasteiger charge is 2.34. The van der Waals surface area contributed by atoms with Gasteiger partial charge in [-0.15, -0.1) is 0 Å². The van der Waals surface area contributed by atoms with Crippen LogP contribution >= 0.6 is 0 Å². The van der Waals surface area contributed by atoms with Gasteiger partial charge >= 0.3 is 12.0 Å². The van der Waals surface area contributed by atoms with Crippen molar-refractivity contribution in [3.05, 3.63) is 46.7 Å². The molecular formula is C22H32N4O3. The minimum absolute atomic E-state index is 0.289. The summed E-state index contributed by atoms with van der Waals surface area (Å²) in [5.41, 5.74) is 3.13. The lowest BCUT2D eigenvalue weighted by atomic mass is 9.94. The highest BCUT2D eigenvalue weighted by molar-refractivity contribution is 5.95. The molecule has 2 amide bonds. The summed E-state index contributed by atoms with van der Waals surface area (Å²) in [7, 11) is 0. The summed E-state index contributed by atoms with van der Waals surface area (Å²) in [5.74, 6) is -0.384. The van der Waals surface area contributed by atoms with Crippen LogP contribution < -0.4 is 10.6 Å². The van der Waals surface area contributed by atoms with Gasteiger partial charge in [0.05, 0.1) is 18.2 Å². The second-order valence-corrected chi connectivity index (χ2v) is 7.67. The van der Waals surface area contributed by atoms with Crippen LogP contribution in [0.2, 0.25) is 0 Å². The molecule has 0 unspecified atom stereocenters. The van der Waals surface area contributed by atoms with E-state index in [-0.39, 0.29) is 12.0 Å². The quantitative estimate of drug-likeness (QED) is 0.687. The number of ether oxygens (including phenoxy) is 1. The average Bonchev–Trinajstić information content (AvgIpc) is 2.70. The van der Waals surface area contributed by atoms with Gasteiger partial charge in [-0.1, -0.05) is 36.8 Å². The standard InChI is InChI=1S/C22H32N4O3/c1-4-10-25-11-13-26(14-12-25)15-18-19(21(27)29-5-2)20(24-22(28)23-18)17-8-6-16(3)7-9-17/h6-9,20H,4-5,10-15H2,1-3H3,(H2,23,24,28)/t20-/m1/s1. The fraction of sp³-hybridized carbons (Fsp3) is 0.545. The summed E-state index contributed by atoms with van der Waals surface area (Å²) >= 11 is 0. The van der Waals surface area contributed by atoms with E-state index in [2.05, 4.69) is 27.4 Å². The number of esters is 1. The molecule has 1 aromatic carbocycles.